The number of nitrogens with one attached hydrogen (secondary N) is 2. The molecule has 0 radical (unpaired) electrons. The Morgan fingerprint density at radius 1 is 1.12 bits per heavy atom. The first-order valence-corrected chi connectivity index (χ1v) is 7.42. The molecule has 0 aromatic heterocycles. The average molecular weight is 325 g/mol. The summed E-state index contributed by atoms with van der Waals surface area (Å²) in [7, 11) is 3.17. The molecule has 0 atom stereocenters. The number of nitrogens with zero attached hydrogens (tertiary/aromatic N) is 1. The fourth-order valence-electron chi connectivity index (χ4n) is 2.11. The van der Waals surface area contributed by atoms with E-state index in [9.17, 15) is 4.79 Å². The van der Waals surface area contributed by atoms with Crippen molar-refractivity contribution in [1.82, 2.24) is 0 Å². The second-order valence-corrected chi connectivity index (χ2v) is 4.98. The number of benzene rings is 2. The largest absolute Gasteiger partial charge is 0.497 e. The molecule has 0 spiro atoms. The van der Waals surface area contributed by atoms with Gasteiger partial charge in [0.05, 0.1) is 31.5 Å². The van der Waals surface area contributed by atoms with Crippen molar-refractivity contribution in [3.05, 3.63) is 48.0 Å². The van der Waals surface area contributed by atoms with Crippen molar-refractivity contribution in [2.24, 2.45) is 0 Å². The van der Waals surface area contributed by atoms with Gasteiger partial charge in [-0.2, -0.15) is 5.26 Å². The molecular formula is C18H19N3O3. The molecule has 6 nitrogen and oxygen atoms in total. The summed E-state index contributed by atoms with van der Waals surface area (Å²) >= 11 is 0. The maximum absolute atomic E-state index is 11.9. The Kier molecular flexibility index (Phi) is 6.03. The minimum Gasteiger partial charge on any atom is -0.497 e. The highest BCUT2D eigenvalue weighted by Crippen LogP contribution is 2.28. The standard InChI is InChI=1S/C18H19N3O3/c1-23-15-7-8-16(17(11-15)24-2)20-10-9-18(22)21-14-5-3-13(12-19)4-6-14/h3-8,11,20H,9-10H2,1-2H3,(H,21,22). The number of methoxy groups -OCH3 is 2. The first-order chi connectivity index (χ1) is 11.7. The highest BCUT2D eigenvalue weighted by atomic mass is 16.5. The maximum Gasteiger partial charge on any atom is 0.226 e. The molecule has 0 bridgehead atoms. The lowest BCUT2D eigenvalue weighted by molar-refractivity contribution is -0.115. The molecule has 24 heavy (non-hydrogen) atoms. The smallest absolute Gasteiger partial charge is 0.226 e. The van der Waals surface area contributed by atoms with Crippen LogP contribution in [-0.4, -0.2) is 26.7 Å². The fraction of sp³-hybridized carbons (Fsp3) is 0.222. The van der Waals surface area contributed by atoms with Gasteiger partial charge in [-0.15, -0.1) is 0 Å². The Hall–Kier alpha value is -3.20. The van der Waals surface area contributed by atoms with Gasteiger partial charge in [0.1, 0.15) is 11.5 Å². The quantitative estimate of drug-likeness (QED) is 0.817. The van der Waals surface area contributed by atoms with Gasteiger partial charge in [0.25, 0.3) is 0 Å². The monoisotopic (exact) mass is 325 g/mol. The van der Waals surface area contributed by atoms with Crippen LogP contribution in [0.15, 0.2) is 42.5 Å². The van der Waals surface area contributed by atoms with Gasteiger partial charge in [0, 0.05) is 24.7 Å². The van der Waals surface area contributed by atoms with Gasteiger partial charge in [-0.25, -0.2) is 0 Å². The van der Waals surface area contributed by atoms with Crippen LogP contribution in [0.1, 0.15) is 12.0 Å². The van der Waals surface area contributed by atoms with Crippen LogP contribution >= 0.6 is 0 Å². The highest BCUT2D eigenvalue weighted by molar-refractivity contribution is 5.91. The lowest BCUT2D eigenvalue weighted by atomic mass is 10.2. The van der Waals surface area contributed by atoms with E-state index in [-0.39, 0.29) is 5.91 Å². The van der Waals surface area contributed by atoms with E-state index in [4.69, 9.17) is 14.7 Å². The van der Waals surface area contributed by atoms with Crippen LogP contribution in [0, 0.1) is 11.3 Å². The predicted octanol–water partition coefficient (Wildman–Crippen LogP) is 3.02. The average Bonchev–Trinajstić information content (AvgIpc) is 2.62. The van der Waals surface area contributed by atoms with E-state index in [1.807, 2.05) is 18.2 Å². The van der Waals surface area contributed by atoms with E-state index in [0.29, 0.717) is 35.7 Å². The summed E-state index contributed by atoms with van der Waals surface area (Å²) in [6.07, 6.45) is 0.301. The van der Waals surface area contributed by atoms with Gasteiger partial charge < -0.3 is 20.1 Å². The van der Waals surface area contributed by atoms with Crippen molar-refractivity contribution >= 4 is 17.3 Å². The summed E-state index contributed by atoms with van der Waals surface area (Å²) in [5, 5.41) is 14.7. The molecule has 2 aromatic rings. The molecule has 2 rings (SSSR count). The van der Waals surface area contributed by atoms with E-state index in [0.717, 1.165) is 5.69 Å². The molecule has 0 saturated heterocycles. The van der Waals surface area contributed by atoms with Crippen molar-refractivity contribution in [2.45, 2.75) is 6.42 Å². The number of ether oxygens (including phenoxy) is 2. The molecule has 0 unspecified atom stereocenters. The minimum absolute atomic E-state index is 0.111. The van der Waals surface area contributed by atoms with Crippen LogP contribution in [0.4, 0.5) is 11.4 Å². The van der Waals surface area contributed by atoms with E-state index < -0.39 is 0 Å². The van der Waals surface area contributed by atoms with Crippen molar-refractivity contribution in [3.8, 4) is 17.6 Å². The maximum atomic E-state index is 11.9. The number of hydrogen-bond donors (Lipinski definition) is 2. The Morgan fingerprint density at radius 3 is 2.50 bits per heavy atom. The highest BCUT2D eigenvalue weighted by Gasteiger charge is 2.06. The molecule has 0 aliphatic rings. The SMILES string of the molecule is COc1ccc(NCCC(=O)Nc2ccc(C#N)cc2)c(OC)c1. The third kappa shape index (κ3) is 4.65. The number of carbonyl (C=O) groups is 1. The van der Waals surface area contributed by atoms with Crippen LogP contribution in [0.25, 0.3) is 0 Å². The summed E-state index contributed by atoms with van der Waals surface area (Å²) in [6.45, 7) is 0.463. The molecule has 2 N–H and O–H groups in total. The zero-order chi connectivity index (χ0) is 17.4. The van der Waals surface area contributed by atoms with Gasteiger partial charge in [0.15, 0.2) is 0 Å². The van der Waals surface area contributed by atoms with Crippen molar-refractivity contribution < 1.29 is 14.3 Å². The second-order valence-electron chi connectivity index (χ2n) is 4.98. The zero-order valence-corrected chi connectivity index (χ0v) is 13.6. The summed E-state index contributed by atoms with van der Waals surface area (Å²) in [4.78, 5) is 11.9. The van der Waals surface area contributed by atoms with Gasteiger partial charge >= 0.3 is 0 Å². The lowest BCUT2D eigenvalue weighted by Crippen LogP contribution is -2.16. The van der Waals surface area contributed by atoms with E-state index in [2.05, 4.69) is 10.6 Å². The number of anilines is 2. The van der Waals surface area contributed by atoms with Crippen LogP contribution in [-0.2, 0) is 4.79 Å². The molecule has 0 heterocycles. The van der Waals surface area contributed by atoms with Crippen molar-refractivity contribution in [1.29, 1.82) is 5.26 Å². The predicted molar refractivity (Wildman–Crippen MR) is 92.4 cm³/mol. The topological polar surface area (TPSA) is 83.4 Å². The molecule has 0 fully saturated rings. The van der Waals surface area contributed by atoms with Gasteiger partial charge in [-0.05, 0) is 36.4 Å². The summed E-state index contributed by atoms with van der Waals surface area (Å²) < 4.78 is 10.4. The normalized spacial score (nSPS) is 9.71. The first-order valence-electron chi connectivity index (χ1n) is 7.42. The number of hydrogen-bond acceptors (Lipinski definition) is 5. The minimum atomic E-state index is -0.111. The Labute approximate surface area is 141 Å². The van der Waals surface area contributed by atoms with Gasteiger partial charge in [-0.1, -0.05) is 0 Å². The van der Waals surface area contributed by atoms with Gasteiger partial charge in [0.2, 0.25) is 5.91 Å². The summed E-state index contributed by atoms with van der Waals surface area (Å²) in [5.41, 5.74) is 2.02. The van der Waals surface area contributed by atoms with Crippen LogP contribution in [0.2, 0.25) is 0 Å². The molecule has 124 valence electrons. The first kappa shape index (κ1) is 17.2. The number of amides is 1. The summed E-state index contributed by atoms with van der Waals surface area (Å²) in [6, 6.07) is 14.2. The van der Waals surface area contributed by atoms with Crippen molar-refractivity contribution in [2.75, 3.05) is 31.4 Å². The van der Waals surface area contributed by atoms with E-state index in [1.54, 1.807) is 44.6 Å². The molecule has 0 saturated carbocycles. The second kappa shape index (κ2) is 8.44. The summed E-state index contributed by atoms with van der Waals surface area (Å²) in [5.74, 6) is 1.25. The Balaban J connectivity index is 1.85. The van der Waals surface area contributed by atoms with Crippen LogP contribution < -0.4 is 20.1 Å². The van der Waals surface area contributed by atoms with Gasteiger partial charge in [-0.3, -0.25) is 4.79 Å². The Bertz CT molecular complexity index is 736. The van der Waals surface area contributed by atoms with E-state index >= 15 is 0 Å². The zero-order valence-electron chi connectivity index (χ0n) is 13.6. The van der Waals surface area contributed by atoms with Crippen molar-refractivity contribution in [3.63, 3.8) is 0 Å². The number of nitriles is 1. The molecule has 1 amide bonds. The molecule has 6 heteroatoms. The number of carbonyl (C=O) groups excluding carboxylic acids is 1. The molecular weight excluding hydrogens is 306 g/mol. The fourth-order valence-corrected chi connectivity index (χ4v) is 2.11. The molecule has 2 aromatic carbocycles. The molecule has 0 aliphatic heterocycles. The van der Waals surface area contributed by atoms with Crippen LogP contribution in [0.5, 0.6) is 11.5 Å². The molecule has 0 aliphatic carbocycles. The third-order valence-electron chi connectivity index (χ3n) is 3.37. The number of rotatable bonds is 7. The third-order valence-corrected chi connectivity index (χ3v) is 3.37. The van der Waals surface area contributed by atoms with Crippen LogP contribution in [0.3, 0.4) is 0 Å². The van der Waals surface area contributed by atoms with E-state index in [1.165, 1.54) is 0 Å². The Morgan fingerprint density at radius 2 is 1.88 bits per heavy atom. The lowest BCUT2D eigenvalue weighted by Gasteiger charge is -2.12.